The number of anilines is 1. The fourth-order valence-electron chi connectivity index (χ4n) is 3.80. The van der Waals surface area contributed by atoms with E-state index in [1.807, 2.05) is 0 Å². The molecule has 0 radical (unpaired) electrons. The van der Waals surface area contributed by atoms with Gasteiger partial charge >= 0.3 is 0 Å². The molecular weight excluding hydrogens is 260 g/mol. The third-order valence-corrected chi connectivity index (χ3v) is 4.98. The van der Waals surface area contributed by atoms with Crippen molar-refractivity contribution < 1.29 is 0 Å². The Morgan fingerprint density at radius 2 is 2.11 bits per heavy atom. The highest BCUT2D eigenvalue weighted by molar-refractivity contribution is 6.36. The maximum Gasteiger partial charge on any atom is 0.144 e. The second-order valence-corrected chi connectivity index (χ2v) is 6.06. The van der Waals surface area contributed by atoms with Crippen LogP contribution in [0.4, 0.5) is 5.82 Å². The van der Waals surface area contributed by atoms with E-state index in [-0.39, 0.29) is 0 Å². The summed E-state index contributed by atoms with van der Waals surface area (Å²) in [4.78, 5) is 14.4. The first kappa shape index (κ1) is 11.5. The van der Waals surface area contributed by atoms with Crippen LogP contribution in [0.15, 0.2) is 12.5 Å². The zero-order chi connectivity index (χ0) is 12.8. The van der Waals surface area contributed by atoms with Crippen LogP contribution < -0.4 is 4.90 Å². The largest absolute Gasteiger partial charge is 0.353 e. The molecule has 1 N–H and O–H groups in total. The first-order valence-corrected chi connectivity index (χ1v) is 7.46. The summed E-state index contributed by atoms with van der Waals surface area (Å²) in [6.45, 7) is 1.10. The van der Waals surface area contributed by atoms with Crippen molar-refractivity contribution in [2.45, 2.75) is 38.1 Å². The summed E-state index contributed by atoms with van der Waals surface area (Å²) in [7, 11) is 0. The summed E-state index contributed by atoms with van der Waals surface area (Å²) in [5, 5.41) is 1.71. The minimum Gasteiger partial charge on any atom is -0.353 e. The van der Waals surface area contributed by atoms with E-state index < -0.39 is 0 Å². The highest BCUT2D eigenvalue weighted by Crippen LogP contribution is 2.41. The Kier molecular flexibility index (Phi) is 2.65. The molecule has 100 valence electrons. The van der Waals surface area contributed by atoms with Crippen LogP contribution in [-0.4, -0.2) is 27.5 Å². The zero-order valence-corrected chi connectivity index (χ0v) is 11.5. The van der Waals surface area contributed by atoms with Crippen LogP contribution in [0, 0.1) is 5.92 Å². The maximum atomic E-state index is 6.29. The molecule has 0 aromatic carbocycles. The monoisotopic (exact) mass is 276 g/mol. The number of rotatable bonds is 1. The van der Waals surface area contributed by atoms with Crippen LogP contribution in [-0.2, 0) is 0 Å². The molecule has 2 aromatic heterocycles. The van der Waals surface area contributed by atoms with E-state index >= 15 is 0 Å². The van der Waals surface area contributed by atoms with Crippen LogP contribution in [0.1, 0.15) is 32.1 Å². The first-order valence-electron chi connectivity index (χ1n) is 7.09. The van der Waals surface area contributed by atoms with Crippen molar-refractivity contribution >= 4 is 28.5 Å². The van der Waals surface area contributed by atoms with Crippen molar-refractivity contribution in [2.24, 2.45) is 5.92 Å². The first-order chi connectivity index (χ1) is 9.34. The number of fused-ring (bicyclic) bond motifs is 2. The van der Waals surface area contributed by atoms with E-state index in [1.54, 1.807) is 12.5 Å². The maximum absolute atomic E-state index is 6.29. The molecule has 3 heterocycles. The molecule has 19 heavy (non-hydrogen) atoms. The Hall–Kier alpha value is -1.29. The van der Waals surface area contributed by atoms with Crippen molar-refractivity contribution in [2.75, 3.05) is 11.4 Å². The van der Waals surface area contributed by atoms with E-state index in [2.05, 4.69) is 19.9 Å². The van der Waals surface area contributed by atoms with Gasteiger partial charge in [0.25, 0.3) is 0 Å². The minimum atomic E-state index is 0.651. The van der Waals surface area contributed by atoms with Gasteiger partial charge in [-0.15, -0.1) is 0 Å². The number of H-pyrrole nitrogens is 1. The highest BCUT2D eigenvalue weighted by atomic mass is 35.5. The third kappa shape index (κ3) is 1.73. The Bertz CT molecular complexity index is 609. The van der Waals surface area contributed by atoms with Gasteiger partial charge in [-0.2, -0.15) is 0 Å². The van der Waals surface area contributed by atoms with Gasteiger partial charge in [-0.3, -0.25) is 0 Å². The quantitative estimate of drug-likeness (QED) is 0.868. The van der Waals surface area contributed by atoms with Gasteiger partial charge in [0.15, 0.2) is 0 Å². The van der Waals surface area contributed by atoms with Crippen molar-refractivity contribution in [3.63, 3.8) is 0 Å². The molecule has 1 aliphatic carbocycles. The second kappa shape index (κ2) is 4.37. The van der Waals surface area contributed by atoms with Crippen molar-refractivity contribution in [3.8, 4) is 0 Å². The summed E-state index contributed by atoms with van der Waals surface area (Å²) in [6, 6.07) is 0.651. The predicted octanol–water partition coefficient (Wildman–Crippen LogP) is 3.38. The Morgan fingerprint density at radius 1 is 1.21 bits per heavy atom. The Morgan fingerprint density at radius 3 is 3.05 bits per heavy atom. The van der Waals surface area contributed by atoms with Gasteiger partial charge in [-0.25, -0.2) is 9.97 Å². The van der Waals surface area contributed by atoms with Gasteiger partial charge in [0.05, 0.1) is 10.4 Å². The van der Waals surface area contributed by atoms with Crippen LogP contribution in [0.25, 0.3) is 11.0 Å². The summed E-state index contributed by atoms with van der Waals surface area (Å²) in [5.74, 6) is 1.86. The van der Waals surface area contributed by atoms with Crippen LogP contribution >= 0.6 is 11.6 Å². The lowest BCUT2D eigenvalue weighted by Crippen LogP contribution is -2.35. The van der Waals surface area contributed by atoms with Gasteiger partial charge in [0.2, 0.25) is 0 Å². The SMILES string of the molecule is Clc1c[nH]c2ncnc(N3CCC4CCCCC43)c12. The molecule has 1 aliphatic heterocycles. The predicted molar refractivity (Wildman–Crippen MR) is 76.6 cm³/mol. The summed E-state index contributed by atoms with van der Waals surface area (Å²) in [5.41, 5.74) is 0.842. The van der Waals surface area contributed by atoms with Gasteiger partial charge in [-0.1, -0.05) is 24.4 Å². The van der Waals surface area contributed by atoms with Gasteiger partial charge < -0.3 is 9.88 Å². The lowest BCUT2D eigenvalue weighted by atomic mass is 9.85. The van der Waals surface area contributed by atoms with Crippen molar-refractivity contribution in [1.82, 2.24) is 15.0 Å². The molecular formula is C14H17ClN4. The molecule has 2 unspecified atom stereocenters. The molecule has 4 rings (SSSR count). The number of hydrogen-bond donors (Lipinski definition) is 1. The third-order valence-electron chi connectivity index (χ3n) is 4.68. The number of aromatic amines is 1. The molecule has 2 aromatic rings. The van der Waals surface area contributed by atoms with E-state index in [0.29, 0.717) is 6.04 Å². The fourth-order valence-corrected chi connectivity index (χ4v) is 4.02. The lowest BCUT2D eigenvalue weighted by Gasteiger charge is -2.32. The fraction of sp³-hybridized carbons (Fsp3) is 0.571. The lowest BCUT2D eigenvalue weighted by molar-refractivity contribution is 0.341. The Balaban J connectivity index is 1.80. The molecule has 2 atom stereocenters. The van der Waals surface area contributed by atoms with Crippen molar-refractivity contribution in [1.29, 1.82) is 0 Å². The molecule has 1 saturated carbocycles. The minimum absolute atomic E-state index is 0.651. The molecule has 0 amide bonds. The molecule has 0 bridgehead atoms. The summed E-state index contributed by atoms with van der Waals surface area (Å²) < 4.78 is 0. The number of aromatic nitrogens is 3. The molecule has 2 fully saturated rings. The normalized spacial score (nSPS) is 26.9. The average Bonchev–Trinajstić information content (AvgIpc) is 3.03. The molecule has 4 nitrogen and oxygen atoms in total. The highest BCUT2D eigenvalue weighted by Gasteiger charge is 2.37. The molecule has 1 saturated heterocycles. The number of nitrogens with one attached hydrogen (secondary N) is 1. The van der Waals surface area contributed by atoms with E-state index in [0.717, 1.165) is 34.3 Å². The molecule has 2 aliphatic rings. The van der Waals surface area contributed by atoms with Crippen LogP contribution in [0.2, 0.25) is 5.02 Å². The standard InChI is InChI=1S/C14H17ClN4/c15-10-7-16-13-12(10)14(18-8-17-13)19-6-5-9-3-1-2-4-11(9)19/h7-9,11H,1-6H2,(H,16,17,18). The zero-order valence-electron chi connectivity index (χ0n) is 10.8. The van der Waals surface area contributed by atoms with Gasteiger partial charge in [0, 0.05) is 18.8 Å². The second-order valence-electron chi connectivity index (χ2n) is 5.65. The average molecular weight is 277 g/mol. The van der Waals surface area contributed by atoms with E-state index in [9.17, 15) is 0 Å². The smallest absolute Gasteiger partial charge is 0.144 e. The topological polar surface area (TPSA) is 44.8 Å². The van der Waals surface area contributed by atoms with Crippen LogP contribution in [0.3, 0.4) is 0 Å². The van der Waals surface area contributed by atoms with E-state index in [4.69, 9.17) is 11.6 Å². The van der Waals surface area contributed by atoms with Gasteiger partial charge in [0.1, 0.15) is 17.8 Å². The Labute approximate surface area is 117 Å². The number of nitrogens with zero attached hydrogens (tertiary/aromatic N) is 3. The van der Waals surface area contributed by atoms with Crippen LogP contribution in [0.5, 0.6) is 0 Å². The van der Waals surface area contributed by atoms with Gasteiger partial charge in [-0.05, 0) is 25.2 Å². The molecule has 5 heteroatoms. The summed E-state index contributed by atoms with van der Waals surface area (Å²) >= 11 is 6.29. The van der Waals surface area contributed by atoms with Crippen molar-refractivity contribution in [3.05, 3.63) is 17.5 Å². The number of halogens is 1. The molecule has 0 spiro atoms. The number of hydrogen-bond acceptors (Lipinski definition) is 3. The summed E-state index contributed by atoms with van der Waals surface area (Å²) in [6.07, 6.45) is 10.1. The van der Waals surface area contributed by atoms with E-state index in [1.165, 1.54) is 32.1 Å².